The minimum atomic E-state index is -1.17. The van der Waals surface area contributed by atoms with Gasteiger partial charge in [-0.15, -0.1) is 0 Å². The van der Waals surface area contributed by atoms with Gasteiger partial charge in [0.1, 0.15) is 12.2 Å². The summed E-state index contributed by atoms with van der Waals surface area (Å²) in [5.74, 6) is -1.31. The average molecular weight is 352 g/mol. The van der Waals surface area contributed by atoms with E-state index in [-0.39, 0.29) is 11.8 Å². The second kappa shape index (κ2) is 7.04. The lowest BCUT2D eigenvalue weighted by Crippen LogP contribution is -2.16. The van der Waals surface area contributed by atoms with E-state index in [9.17, 15) is 14.7 Å². The van der Waals surface area contributed by atoms with Crippen molar-refractivity contribution >= 4 is 17.3 Å². The highest BCUT2D eigenvalue weighted by molar-refractivity contribution is 5.95. The molecule has 3 unspecified atom stereocenters. The zero-order chi connectivity index (χ0) is 18.9. The van der Waals surface area contributed by atoms with Gasteiger partial charge in [-0.05, 0) is 35.0 Å². The van der Waals surface area contributed by atoms with Crippen LogP contribution in [-0.2, 0) is 9.59 Å². The van der Waals surface area contributed by atoms with Gasteiger partial charge in [-0.2, -0.15) is 0 Å². The zero-order valence-corrected chi connectivity index (χ0v) is 14.9. The van der Waals surface area contributed by atoms with Crippen LogP contribution in [-0.4, -0.2) is 28.1 Å². The van der Waals surface area contributed by atoms with E-state index in [1.54, 1.807) is 6.08 Å². The number of aliphatic hydroxyl groups is 1. The van der Waals surface area contributed by atoms with E-state index < -0.39 is 24.3 Å². The first-order valence-electron chi connectivity index (χ1n) is 8.87. The number of aliphatic carboxylic acids is 1. The van der Waals surface area contributed by atoms with E-state index in [1.165, 1.54) is 16.7 Å². The Kier molecular flexibility index (Phi) is 4.97. The van der Waals surface area contributed by atoms with Gasteiger partial charge in [0.15, 0.2) is 0 Å². The van der Waals surface area contributed by atoms with Crippen molar-refractivity contribution in [1.29, 1.82) is 0 Å². The average Bonchev–Trinajstić information content (AvgIpc) is 3.01. The van der Waals surface area contributed by atoms with Crippen molar-refractivity contribution in [3.63, 3.8) is 0 Å². The van der Waals surface area contributed by atoms with Crippen LogP contribution < -0.4 is 0 Å². The zero-order valence-electron chi connectivity index (χ0n) is 14.9. The van der Waals surface area contributed by atoms with Crippen molar-refractivity contribution in [3.05, 3.63) is 65.8 Å². The molecule has 1 fully saturated rings. The number of carbonyl (C=O) groups is 2. The van der Waals surface area contributed by atoms with Crippen molar-refractivity contribution in [2.24, 2.45) is 11.3 Å². The minimum absolute atomic E-state index is 0.00574. The summed E-state index contributed by atoms with van der Waals surface area (Å²) in [5.41, 5.74) is 4.85. The largest absolute Gasteiger partial charge is 0.481 e. The van der Waals surface area contributed by atoms with Crippen molar-refractivity contribution in [3.8, 4) is 0 Å². The summed E-state index contributed by atoms with van der Waals surface area (Å²) >= 11 is 0. The van der Waals surface area contributed by atoms with Gasteiger partial charge >= 0.3 is 5.97 Å². The van der Waals surface area contributed by atoms with Crippen molar-refractivity contribution < 1.29 is 19.8 Å². The molecular formula is C22H24O4. The van der Waals surface area contributed by atoms with Crippen LogP contribution in [0.2, 0.25) is 0 Å². The van der Waals surface area contributed by atoms with Gasteiger partial charge in [-0.1, -0.05) is 61.6 Å². The molecule has 0 aromatic heterocycles. The minimum Gasteiger partial charge on any atom is -0.481 e. The highest BCUT2D eigenvalue weighted by Gasteiger charge is 2.48. The van der Waals surface area contributed by atoms with E-state index >= 15 is 0 Å². The number of carboxylic acids is 1. The highest BCUT2D eigenvalue weighted by Crippen LogP contribution is 2.62. The second-order valence-corrected chi connectivity index (χ2v) is 7.59. The molecule has 0 amide bonds. The summed E-state index contributed by atoms with van der Waals surface area (Å²) in [7, 11) is 0. The quantitative estimate of drug-likeness (QED) is 0.578. The molecule has 3 rings (SSSR count). The van der Waals surface area contributed by atoms with Gasteiger partial charge in [0.05, 0.1) is 6.10 Å². The van der Waals surface area contributed by atoms with Gasteiger partial charge in [0.25, 0.3) is 0 Å². The van der Waals surface area contributed by atoms with Gasteiger partial charge < -0.3 is 10.2 Å². The number of hydrogen-bond donors (Lipinski definition) is 2. The Hall–Kier alpha value is -2.46. The number of aliphatic hydroxyl groups excluding tert-OH is 1. The number of rotatable bonds is 7. The van der Waals surface area contributed by atoms with E-state index in [4.69, 9.17) is 5.11 Å². The molecule has 1 aromatic rings. The Bertz CT molecular complexity index is 803. The fourth-order valence-corrected chi connectivity index (χ4v) is 4.33. The number of ketones is 1. The molecular weight excluding hydrogens is 328 g/mol. The molecule has 0 aliphatic heterocycles. The molecule has 1 saturated carbocycles. The highest BCUT2D eigenvalue weighted by atomic mass is 16.4. The maximum Gasteiger partial charge on any atom is 0.310 e. The van der Waals surface area contributed by atoms with Crippen LogP contribution >= 0.6 is 0 Å². The van der Waals surface area contributed by atoms with Crippen LogP contribution in [0, 0.1) is 11.3 Å². The third-order valence-electron chi connectivity index (χ3n) is 5.41. The summed E-state index contributed by atoms with van der Waals surface area (Å²) in [5, 5.41) is 18.8. The number of carboxylic acid groups (broad SMARTS) is 1. The topological polar surface area (TPSA) is 74.6 Å². The molecule has 4 nitrogen and oxygen atoms in total. The summed E-state index contributed by atoms with van der Waals surface area (Å²) in [4.78, 5) is 22.2. The first kappa shape index (κ1) is 18.3. The number of benzene rings is 1. The van der Waals surface area contributed by atoms with E-state index in [0.29, 0.717) is 5.92 Å². The molecule has 2 aliphatic carbocycles. The normalized spacial score (nSPS) is 25.9. The van der Waals surface area contributed by atoms with Crippen molar-refractivity contribution in [2.75, 3.05) is 0 Å². The Morgan fingerprint density at radius 1 is 1.35 bits per heavy atom. The lowest BCUT2D eigenvalue weighted by molar-refractivity contribution is -0.140. The van der Waals surface area contributed by atoms with E-state index in [0.717, 1.165) is 18.4 Å². The third-order valence-corrected chi connectivity index (χ3v) is 5.41. The molecule has 1 aromatic carbocycles. The fourth-order valence-electron chi connectivity index (χ4n) is 4.33. The van der Waals surface area contributed by atoms with Crippen LogP contribution in [0.4, 0.5) is 0 Å². The van der Waals surface area contributed by atoms with Crippen molar-refractivity contribution in [1.82, 2.24) is 0 Å². The molecule has 26 heavy (non-hydrogen) atoms. The Morgan fingerprint density at radius 3 is 2.69 bits per heavy atom. The Labute approximate surface area is 153 Å². The summed E-state index contributed by atoms with van der Waals surface area (Å²) in [6.45, 7) is 6.46. The molecule has 0 heterocycles. The molecule has 0 saturated heterocycles. The number of carbonyl (C=O) groups excluding carboxylic acids is 1. The number of fused-ring (bicyclic) bond motifs is 2. The molecule has 2 N–H and O–H groups in total. The fraction of sp³-hybridized carbons (Fsp3) is 0.364. The SMILES string of the molecule is C=C1CC2(C)CC1C(c1ccccc1)=C2C=CC(O)CC(=O)CC(=O)O. The number of allylic oxidation sites excluding steroid dienone is 4. The smallest absolute Gasteiger partial charge is 0.310 e. The number of hydrogen-bond acceptors (Lipinski definition) is 3. The predicted molar refractivity (Wildman–Crippen MR) is 100 cm³/mol. The summed E-state index contributed by atoms with van der Waals surface area (Å²) < 4.78 is 0. The Balaban J connectivity index is 1.87. The molecule has 0 spiro atoms. The standard InChI is InChI=1S/C22H24O4/c1-14-12-22(2)13-18(14)21(15-6-4-3-5-7-15)19(22)9-8-16(23)10-17(24)11-20(25)26/h3-9,16,18,23H,1,10-13H2,2H3,(H,25,26). The van der Waals surface area contributed by atoms with Crippen molar-refractivity contribution in [2.45, 2.75) is 38.7 Å². The first-order valence-corrected chi connectivity index (χ1v) is 8.87. The lowest BCUT2D eigenvalue weighted by atomic mass is 9.77. The predicted octanol–water partition coefficient (Wildman–Crippen LogP) is 3.78. The number of Topliss-reactive ketones (excluding diaryl/α,β-unsaturated/α-hetero) is 1. The summed E-state index contributed by atoms with van der Waals surface area (Å²) in [6.07, 6.45) is 3.79. The molecule has 136 valence electrons. The molecule has 4 heteroatoms. The van der Waals surface area contributed by atoms with Gasteiger partial charge in [-0.3, -0.25) is 9.59 Å². The van der Waals surface area contributed by atoms with E-state index in [1.807, 2.05) is 24.3 Å². The lowest BCUT2D eigenvalue weighted by Gasteiger charge is -2.27. The molecule has 3 atom stereocenters. The molecule has 2 aliphatic rings. The van der Waals surface area contributed by atoms with Gasteiger partial charge in [0, 0.05) is 12.3 Å². The maximum atomic E-state index is 11.6. The third kappa shape index (κ3) is 3.56. The Morgan fingerprint density at radius 2 is 2.04 bits per heavy atom. The second-order valence-electron chi connectivity index (χ2n) is 7.59. The van der Waals surface area contributed by atoms with Crippen LogP contribution in [0.1, 0.15) is 38.2 Å². The molecule has 0 radical (unpaired) electrons. The van der Waals surface area contributed by atoms with Crippen LogP contribution in [0.25, 0.3) is 5.57 Å². The van der Waals surface area contributed by atoms with Gasteiger partial charge in [-0.25, -0.2) is 0 Å². The first-order chi connectivity index (χ1) is 12.3. The van der Waals surface area contributed by atoms with Crippen LogP contribution in [0.5, 0.6) is 0 Å². The van der Waals surface area contributed by atoms with Gasteiger partial charge in [0.2, 0.25) is 0 Å². The summed E-state index contributed by atoms with van der Waals surface area (Å²) in [6, 6.07) is 10.2. The molecule has 2 bridgehead atoms. The maximum absolute atomic E-state index is 11.6. The van der Waals surface area contributed by atoms with Crippen LogP contribution in [0.15, 0.2) is 60.2 Å². The monoisotopic (exact) mass is 352 g/mol. The van der Waals surface area contributed by atoms with Crippen LogP contribution in [0.3, 0.4) is 0 Å². The van der Waals surface area contributed by atoms with E-state index in [2.05, 4.69) is 25.6 Å².